The molecule has 1 N–H and O–H groups in total. The minimum Gasteiger partial charge on any atom is -0.390 e. The number of pyridine rings is 1. The molecule has 7 heteroatoms. The molecule has 1 heterocycles. The molecule has 1 rings (SSSR count). The van der Waals surface area contributed by atoms with Gasteiger partial charge in [-0.05, 0) is 6.07 Å². The molecular weight excluding hydrogens is 267 g/mol. The van der Waals surface area contributed by atoms with Crippen LogP contribution in [0.1, 0.15) is 5.69 Å². The van der Waals surface area contributed by atoms with Crippen LogP contribution in [0.4, 0.5) is 13.2 Å². The Morgan fingerprint density at radius 2 is 2.07 bits per heavy atom. The third kappa shape index (κ3) is 3.51. The normalized spacial score (nSPS) is 11.5. The monoisotopic (exact) mass is 271 g/mol. The Balaban J connectivity index is 2.92. The van der Waals surface area contributed by atoms with Crippen LogP contribution in [0.5, 0.6) is 5.88 Å². The minimum atomic E-state index is -4.78. The molecule has 0 aliphatic heterocycles. The number of aliphatic hydroxyl groups is 1. The third-order valence-corrected chi connectivity index (χ3v) is 1.66. The molecule has 0 atom stereocenters. The van der Waals surface area contributed by atoms with E-state index < -0.39 is 18.8 Å². The number of nitrogens with zero attached hydrogens (tertiary/aromatic N) is 1. The fourth-order valence-corrected chi connectivity index (χ4v) is 1.24. The van der Waals surface area contributed by atoms with Gasteiger partial charge in [-0.25, -0.2) is 4.98 Å². The Bertz CT molecular complexity index is 329. The smallest absolute Gasteiger partial charge is 0.390 e. The van der Waals surface area contributed by atoms with E-state index in [1.807, 2.05) is 0 Å². The van der Waals surface area contributed by atoms with Gasteiger partial charge in [0, 0.05) is 10.5 Å². The fraction of sp³-hybridized carbons (Fsp3) is 0.286. The van der Waals surface area contributed by atoms with Crippen LogP contribution in [0.15, 0.2) is 16.6 Å². The van der Waals surface area contributed by atoms with E-state index in [0.29, 0.717) is 4.47 Å². The highest BCUT2D eigenvalue weighted by Gasteiger charge is 2.31. The van der Waals surface area contributed by atoms with E-state index in [2.05, 4.69) is 25.7 Å². The summed E-state index contributed by atoms with van der Waals surface area (Å²) in [6, 6.07) is 2.45. The molecule has 0 spiro atoms. The predicted molar refractivity (Wildman–Crippen MR) is 44.5 cm³/mol. The maximum absolute atomic E-state index is 11.8. The van der Waals surface area contributed by atoms with Crippen molar-refractivity contribution in [1.29, 1.82) is 0 Å². The van der Waals surface area contributed by atoms with E-state index in [4.69, 9.17) is 5.11 Å². The molecule has 1 aromatic heterocycles. The maximum atomic E-state index is 11.8. The first-order valence-electron chi connectivity index (χ1n) is 3.44. The van der Waals surface area contributed by atoms with E-state index in [0.717, 1.165) is 6.07 Å². The molecule has 0 radical (unpaired) electrons. The largest absolute Gasteiger partial charge is 0.574 e. The van der Waals surface area contributed by atoms with Crippen molar-refractivity contribution in [3.05, 3.63) is 22.3 Å². The number of rotatable bonds is 2. The zero-order valence-corrected chi connectivity index (χ0v) is 8.26. The van der Waals surface area contributed by atoms with Crippen molar-refractivity contribution in [1.82, 2.24) is 4.98 Å². The lowest BCUT2D eigenvalue weighted by Crippen LogP contribution is -2.18. The molecule has 0 saturated heterocycles. The zero-order chi connectivity index (χ0) is 10.8. The van der Waals surface area contributed by atoms with E-state index in [9.17, 15) is 13.2 Å². The van der Waals surface area contributed by atoms with Crippen LogP contribution in [0, 0.1) is 0 Å². The Morgan fingerprint density at radius 3 is 2.57 bits per heavy atom. The molecule has 0 fully saturated rings. The van der Waals surface area contributed by atoms with Gasteiger partial charge in [0.25, 0.3) is 0 Å². The van der Waals surface area contributed by atoms with Gasteiger partial charge < -0.3 is 9.84 Å². The van der Waals surface area contributed by atoms with Gasteiger partial charge in [-0.2, -0.15) is 0 Å². The van der Waals surface area contributed by atoms with Crippen LogP contribution in [0.25, 0.3) is 0 Å². The molecule has 1 aromatic rings. The molecule has 0 amide bonds. The average molecular weight is 272 g/mol. The Hall–Kier alpha value is -0.820. The summed E-state index contributed by atoms with van der Waals surface area (Å²) in [6.45, 7) is -0.451. The molecular formula is C7H5BrF3NO2. The van der Waals surface area contributed by atoms with Crippen LogP contribution in [-0.2, 0) is 6.61 Å². The van der Waals surface area contributed by atoms with Crippen LogP contribution in [-0.4, -0.2) is 16.5 Å². The highest BCUT2D eigenvalue weighted by atomic mass is 79.9. The van der Waals surface area contributed by atoms with Crippen molar-refractivity contribution in [3.63, 3.8) is 0 Å². The summed E-state index contributed by atoms with van der Waals surface area (Å²) >= 11 is 2.96. The van der Waals surface area contributed by atoms with Crippen molar-refractivity contribution in [2.75, 3.05) is 0 Å². The second-order valence-corrected chi connectivity index (χ2v) is 3.24. The van der Waals surface area contributed by atoms with Crippen LogP contribution >= 0.6 is 15.9 Å². The molecule has 0 saturated carbocycles. The number of ether oxygens (including phenoxy) is 1. The van der Waals surface area contributed by atoms with Gasteiger partial charge in [0.05, 0.1) is 12.3 Å². The standard InChI is InChI=1S/C7H5BrF3NO2/c8-4-1-5(3-13)12-6(2-4)14-7(9,10)11/h1-2,13H,3H2. The van der Waals surface area contributed by atoms with Crippen molar-refractivity contribution in [2.45, 2.75) is 13.0 Å². The van der Waals surface area contributed by atoms with Gasteiger partial charge >= 0.3 is 6.36 Å². The number of alkyl halides is 3. The first-order valence-corrected chi connectivity index (χ1v) is 4.23. The second kappa shape index (κ2) is 4.14. The number of halogens is 4. The molecule has 78 valence electrons. The molecule has 14 heavy (non-hydrogen) atoms. The summed E-state index contributed by atoms with van der Waals surface area (Å²) in [4.78, 5) is 3.42. The number of aliphatic hydroxyl groups excluding tert-OH is 1. The van der Waals surface area contributed by atoms with Gasteiger partial charge in [0.15, 0.2) is 0 Å². The SMILES string of the molecule is OCc1cc(Br)cc(OC(F)(F)F)n1. The quantitative estimate of drug-likeness (QED) is 0.897. The lowest BCUT2D eigenvalue weighted by molar-refractivity contribution is -0.276. The summed E-state index contributed by atoms with van der Waals surface area (Å²) in [5, 5.41) is 8.66. The summed E-state index contributed by atoms with van der Waals surface area (Å²) in [5.41, 5.74) is 0.0959. The van der Waals surface area contributed by atoms with E-state index in [1.54, 1.807) is 0 Å². The highest BCUT2D eigenvalue weighted by Crippen LogP contribution is 2.24. The first kappa shape index (κ1) is 11.3. The molecule has 0 unspecified atom stereocenters. The second-order valence-electron chi connectivity index (χ2n) is 2.32. The van der Waals surface area contributed by atoms with Gasteiger partial charge in [-0.15, -0.1) is 13.2 Å². The molecule has 0 aromatic carbocycles. The van der Waals surface area contributed by atoms with Gasteiger partial charge in [-0.3, -0.25) is 0 Å². The molecule has 0 aliphatic carbocycles. The third-order valence-electron chi connectivity index (χ3n) is 1.20. The summed E-state index contributed by atoms with van der Waals surface area (Å²) in [5.74, 6) is -0.601. The van der Waals surface area contributed by atoms with Crippen LogP contribution in [0.3, 0.4) is 0 Å². The zero-order valence-electron chi connectivity index (χ0n) is 6.68. The van der Waals surface area contributed by atoms with Crippen molar-refractivity contribution < 1.29 is 23.0 Å². The number of hydrogen-bond acceptors (Lipinski definition) is 3. The van der Waals surface area contributed by atoms with Gasteiger partial charge in [0.2, 0.25) is 5.88 Å². The first-order chi connectivity index (χ1) is 6.40. The van der Waals surface area contributed by atoms with Gasteiger partial charge in [-0.1, -0.05) is 15.9 Å². The van der Waals surface area contributed by atoms with E-state index in [-0.39, 0.29) is 5.69 Å². The topological polar surface area (TPSA) is 42.4 Å². The summed E-state index contributed by atoms with van der Waals surface area (Å²) in [6.07, 6.45) is -4.78. The molecule has 3 nitrogen and oxygen atoms in total. The van der Waals surface area contributed by atoms with Crippen LogP contribution in [0.2, 0.25) is 0 Å². The number of aromatic nitrogens is 1. The Kier molecular flexibility index (Phi) is 3.33. The Morgan fingerprint density at radius 1 is 1.43 bits per heavy atom. The van der Waals surface area contributed by atoms with Crippen molar-refractivity contribution in [2.24, 2.45) is 0 Å². The minimum absolute atomic E-state index is 0.0959. The lowest BCUT2D eigenvalue weighted by atomic mass is 10.4. The highest BCUT2D eigenvalue weighted by molar-refractivity contribution is 9.10. The Labute approximate surface area is 85.7 Å². The summed E-state index contributed by atoms with van der Waals surface area (Å²) in [7, 11) is 0. The fourth-order valence-electron chi connectivity index (χ4n) is 0.777. The van der Waals surface area contributed by atoms with E-state index >= 15 is 0 Å². The van der Waals surface area contributed by atoms with Crippen LogP contribution < -0.4 is 4.74 Å². The van der Waals surface area contributed by atoms with Gasteiger partial charge in [0.1, 0.15) is 0 Å². The van der Waals surface area contributed by atoms with Crippen molar-refractivity contribution in [3.8, 4) is 5.88 Å². The molecule has 0 aliphatic rings. The van der Waals surface area contributed by atoms with Crippen molar-refractivity contribution >= 4 is 15.9 Å². The predicted octanol–water partition coefficient (Wildman–Crippen LogP) is 2.23. The lowest BCUT2D eigenvalue weighted by Gasteiger charge is -2.08. The summed E-state index contributed by atoms with van der Waals surface area (Å²) < 4.78 is 39.2. The number of hydrogen-bond donors (Lipinski definition) is 1. The maximum Gasteiger partial charge on any atom is 0.574 e. The average Bonchev–Trinajstić information content (AvgIpc) is 1.99. The van der Waals surface area contributed by atoms with E-state index in [1.165, 1.54) is 6.07 Å². The molecule has 0 bridgehead atoms.